The SMILES string of the molecule is Cc1ccc(NC(=S)NCCCn2nc(C(F)(F)F)c(Br)c2C)cc1C. The number of hydrogen-bond donors (Lipinski definition) is 2. The van der Waals surface area contributed by atoms with Crippen molar-refractivity contribution < 1.29 is 13.2 Å². The predicted molar refractivity (Wildman–Crippen MR) is 104 cm³/mol. The summed E-state index contributed by atoms with van der Waals surface area (Å²) in [5.41, 5.74) is 2.82. The molecular formula is C17H20BrF3N4S. The Bertz CT molecular complexity index is 802. The number of halogens is 4. The van der Waals surface area contributed by atoms with E-state index in [0.29, 0.717) is 30.3 Å². The first-order valence-electron chi connectivity index (χ1n) is 8.02. The molecule has 0 amide bonds. The summed E-state index contributed by atoms with van der Waals surface area (Å²) in [7, 11) is 0. The third-order valence-corrected chi connectivity index (χ3v) is 5.19. The van der Waals surface area contributed by atoms with Crippen LogP contribution < -0.4 is 10.6 Å². The van der Waals surface area contributed by atoms with Crippen LogP contribution in [-0.2, 0) is 12.7 Å². The Balaban J connectivity index is 1.83. The maximum absolute atomic E-state index is 12.9. The summed E-state index contributed by atoms with van der Waals surface area (Å²) in [6.45, 7) is 6.55. The number of anilines is 1. The number of thiocarbonyl (C=S) groups is 1. The predicted octanol–water partition coefficient (Wildman–Crippen LogP) is 4.97. The Morgan fingerprint density at radius 1 is 1.23 bits per heavy atom. The quantitative estimate of drug-likeness (QED) is 0.500. The topological polar surface area (TPSA) is 41.9 Å². The first kappa shape index (κ1) is 20.7. The molecule has 0 saturated carbocycles. The van der Waals surface area contributed by atoms with Crippen LogP contribution in [-0.4, -0.2) is 21.4 Å². The van der Waals surface area contributed by atoms with Crippen molar-refractivity contribution >= 4 is 38.9 Å². The molecule has 2 rings (SSSR count). The van der Waals surface area contributed by atoms with Gasteiger partial charge in [0, 0.05) is 18.8 Å². The van der Waals surface area contributed by atoms with Crippen LogP contribution in [0.5, 0.6) is 0 Å². The van der Waals surface area contributed by atoms with E-state index in [1.807, 2.05) is 32.0 Å². The first-order valence-corrected chi connectivity index (χ1v) is 9.22. The molecule has 0 unspecified atom stereocenters. The lowest BCUT2D eigenvalue weighted by Gasteiger charge is -2.12. The minimum absolute atomic E-state index is 0.00936. The van der Waals surface area contributed by atoms with Crippen molar-refractivity contribution in [2.24, 2.45) is 0 Å². The number of aryl methyl sites for hydroxylation is 3. The number of benzene rings is 1. The van der Waals surface area contributed by atoms with Crippen LogP contribution in [0.25, 0.3) is 0 Å². The van der Waals surface area contributed by atoms with E-state index in [1.54, 1.807) is 6.92 Å². The summed E-state index contributed by atoms with van der Waals surface area (Å²) in [5, 5.41) is 10.3. The molecule has 1 aromatic carbocycles. The highest BCUT2D eigenvalue weighted by Crippen LogP contribution is 2.35. The molecule has 0 radical (unpaired) electrons. The van der Waals surface area contributed by atoms with Crippen molar-refractivity contribution in [3.05, 3.63) is 45.2 Å². The number of alkyl halides is 3. The van der Waals surface area contributed by atoms with Gasteiger partial charge in [-0.1, -0.05) is 6.07 Å². The fourth-order valence-electron chi connectivity index (χ4n) is 2.35. The van der Waals surface area contributed by atoms with Gasteiger partial charge in [-0.25, -0.2) is 0 Å². The molecule has 0 aliphatic carbocycles. The van der Waals surface area contributed by atoms with Crippen LogP contribution >= 0.6 is 28.1 Å². The highest BCUT2D eigenvalue weighted by Gasteiger charge is 2.37. The molecule has 142 valence electrons. The zero-order valence-corrected chi connectivity index (χ0v) is 17.1. The van der Waals surface area contributed by atoms with Crippen molar-refractivity contribution in [1.82, 2.24) is 15.1 Å². The lowest BCUT2D eigenvalue weighted by molar-refractivity contribution is -0.142. The molecule has 9 heteroatoms. The number of nitrogens with one attached hydrogen (secondary N) is 2. The molecule has 4 nitrogen and oxygen atoms in total. The zero-order chi connectivity index (χ0) is 19.5. The van der Waals surface area contributed by atoms with E-state index in [-0.39, 0.29) is 4.47 Å². The second kappa shape index (κ2) is 8.39. The van der Waals surface area contributed by atoms with Crippen molar-refractivity contribution in [3.63, 3.8) is 0 Å². The van der Waals surface area contributed by atoms with Crippen molar-refractivity contribution in [1.29, 1.82) is 0 Å². The molecule has 1 aromatic heterocycles. The van der Waals surface area contributed by atoms with Crippen molar-refractivity contribution in [2.45, 2.75) is 39.9 Å². The van der Waals surface area contributed by atoms with Gasteiger partial charge < -0.3 is 10.6 Å². The van der Waals surface area contributed by atoms with E-state index in [9.17, 15) is 13.2 Å². The summed E-state index contributed by atoms with van der Waals surface area (Å²) < 4.78 is 39.9. The number of aromatic nitrogens is 2. The Hall–Kier alpha value is -1.61. The highest BCUT2D eigenvalue weighted by molar-refractivity contribution is 9.10. The Morgan fingerprint density at radius 2 is 1.92 bits per heavy atom. The molecule has 26 heavy (non-hydrogen) atoms. The molecule has 0 atom stereocenters. The van der Waals surface area contributed by atoms with Gasteiger partial charge in [0.1, 0.15) is 0 Å². The lowest BCUT2D eigenvalue weighted by atomic mass is 10.1. The minimum atomic E-state index is -4.47. The standard InChI is InChI=1S/C17H20BrF3N4S/c1-10-5-6-13(9-11(10)2)23-16(26)22-7-4-8-25-12(3)14(18)15(24-25)17(19,20)21/h5-6,9H,4,7-8H2,1-3H3,(H2,22,23,26). The van der Waals surface area contributed by atoms with Gasteiger partial charge in [0.05, 0.1) is 10.2 Å². The monoisotopic (exact) mass is 448 g/mol. The Kier molecular flexibility index (Phi) is 6.68. The van der Waals surface area contributed by atoms with Gasteiger partial charge >= 0.3 is 6.18 Å². The average Bonchev–Trinajstić information content (AvgIpc) is 2.83. The molecule has 0 bridgehead atoms. The highest BCUT2D eigenvalue weighted by atomic mass is 79.9. The summed E-state index contributed by atoms with van der Waals surface area (Å²) in [4.78, 5) is 0. The number of nitrogens with zero attached hydrogens (tertiary/aromatic N) is 2. The van der Waals surface area contributed by atoms with Crippen molar-refractivity contribution in [3.8, 4) is 0 Å². The van der Waals surface area contributed by atoms with Gasteiger partial charge in [-0.15, -0.1) is 0 Å². The Morgan fingerprint density at radius 3 is 2.50 bits per heavy atom. The molecular weight excluding hydrogens is 429 g/mol. The van der Waals surface area contributed by atoms with Gasteiger partial charge in [0.2, 0.25) is 0 Å². The molecule has 0 spiro atoms. The maximum Gasteiger partial charge on any atom is 0.436 e. The summed E-state index contributed by atoms with van der Waals surface area (Å²) in [6, 6.07) is 5.96. The normalized spacial score (nSPS) is 11.5. The van der Waals surface area contributed by atoms with Crippen LogP contribution in [0.3, 0.4) is 0 Å². The van der Waals surface area contributed by atoms with Gasteiger partial charge in [0.15, 0.2) is 10.8 Å². The number of rotatable bonds is 5. The van der Waals surface area contributed by atoms with E-state index in [0.717, 1.165) is 11.3 Å². The molecule has 0 saturated heterocycles. The summed E-state index contributed by atoms with van der Waals surface area (Å²) in [5.74, 6) is 0. The van der Waals surface area contributed by atoms with E-state index in [4.69, 9.17) is 12.2 Å². The fourth-order valence-corrected chi connectivity index (χ4v) is 3.08. The second-order valence-corrected chi connectivity index (χ2v) is 7.20. The molecule has 0 aliphatic rings. The molecule has 0 aliphatic heterocycles. The third kappa shape index (κ3) is 5.20. The van der Waals surface area contributed by atoms with Crippen LogP contribution in [0.4, 0.5) is 18.9 Å². The zero-order valence-electron chi connectivity index (χ0n) is 14.7. The second-order valence-electron chi connectivity index (χ2n) is 6.00. The average molecular weight is 449 g/mol. The minimum Gasteiger partial charge on any atom is -0.362 e. The van der Waals surface area contributed by atoms with Gasteiger partial charge in [0.25, 0.3) is 0 Å². The molecule has 0 fully saturated rings. The van der Waals surface area contributed by atoms with E-state index >= 15 is 0 Å². The summed E-state index contributed by atoms with van der Waals surface area (Å²) in [6.07, 6.45) is -3.88. The van der Waals surface area contributed by atoms with Crippen LogP contribution in [0.1, 0.15) is 28.9 Å². The van der Waals surface area contributed by atoms with E-state index in [1.165, 1.54) is 10.2 Å². The van der Waals surface area contributed by atoms with Gasteiger partial charge in [-0.05, 0) is 78.6 Å². The van der Waals surface area contributed by atoms with E-state index in [2.05, 4.69) is 31.7 Å². The van der Waals surface area contributed by atoms with Crippen LogP contribution in [0, 0.1) is 20.8 Å². The third-order valence-electron chi connectivity index (χ3n) is 4.00. The molecule has 1 heterocycles. The molecule has 2 aromatic rings. The lowest BCUT2D eigenvalue weighted by Crippen LogP contribution is -2.30. The van der Waals surface area contributed by atoms with Crippen LogP contribution in [0.2, 0.25) is 0 Å². The Labute approximate surface area is 164 Å². The largest absolute Gasteiger partial charge is 0.436 e. The maximum atomic E-state index is 12.9. The number of hydrogen-bond acceptors (Lipinski definition) is 2. The molecule has 2 N–H and O–H groups in total. The van der Waals surface area contributed by atoms with Gasteiger partial charge in [-0.2, -0.15) is 18.3 Å². The van der Waals surface area contributed by atoms with Crippen molar-refractivity contribution in [2.75, 3.05) is 11.9 Å². The van der Waals surface area contributed by atoms with Crippen LogP contribution in [0.15, 0.2) is 22.7 Å². The van der Waals surface area contributed by atoms with E-state index < -0.39 is 11.9 Å². The van der Waals surface area contributed by atoms with Gasteiger partial charge in [-0.3, -0.25) is 4.68 Å². The summed E-state index contributed by atoms with van der Waals surface area (Å²) >= 11 is 8.21. The smallest absolute Gasteiger partial charge is 0.362 e. The first-order chi connectivity index (χ1) is 12.1. The fraction of sp³-hybridized carbons (Fsp3) is 0.412.